The van der Waals surface area contributed by atoms with Crippen LogP contribution in [0.2, 0.25) is 0 Å². The lowest BCUT2D eigenvalue weighted by Gasteiger charge is -2.12. The van der Waals surface area contributed by atoms with Crippen molar-refractivity contribution in [1.82, 2.24) is 19.9 Å². The molecule has 0 aliphatic heterocycles. The number of hydrogen-bond acceptors (Lipinski definition) is 7. The number of nitrogens with two attached hydrogens (primary N) is 1. The first-order valence-electron chi connectivity index (χ1n) is 11.4. The van der Waals surface area contributed by atoms with Crippen molar-refractivity contribution in [3.63, 3.8) is 0 Å². The van der Waals surface area contributed by atoms with Crippen LogP contribution >= 0.6 is 0 Å². The molecule has 0 radical (unpaired) electrons. The van der Waals surface area contributed by atoms with Crippen molar-refractivity contribution in [3.05, 3.63) is 82.0 Å². The number of nitrogens with zero attached hydrogens (tertiary/aromatic N) is 3. The van der Waals surface area contributed by atoms with Gasteiger partial charge in [0.25, 0.3) is 5.56 Å². The number of aromatic nitrogens is 3. The number of rotatable bonds is 10. The summed E-state index contributed by atoms with van der Waals surface area (Å²) in [5.41, 5.74) is 9.04. The summed E-state index contributed by atoms with van der Waals surface area (Å²) < 4.78 is 1.67. The fourth-order valence-electron chi connectivity index (χ4n) is 3.44. The van der Waals surface area contributed by atoms with Crippen LogP contribution in [0, 0.1) is 11.3 Å². The highest BCUT2D eigenvalue weighted by molar-refractivity contribution is 6.09. The Bertz CT molecular complexity index is 1230. The third-order valence-corrected chi connectivity index (χ3v) is 5.81. The van der Waals surface area contributed by atoms with E-state index >= 15 is 0 Å². The first kappa shape index (κ1) is 24.9. The maximum atomic E-state index is 12.3. The molecule has 34 heavy (non-hydrogen) atoms. The second-order valence-electron chi connectivity index (χ2n) is 8.41. The summed E-state index contributed by atoms with van der Waals surface area (Å²) in [4.78, 5) is 20.9. The monoisotopic (exact) mass is 460 g/mol. The van der Waals surface area contributed by atoms with E-state index in [1.54, 1.807) is 16.8 Å². The highest BCUT2D eigenvalue weighted by Gasteiger charge is 2.13. The average molecular weight is 461 g/mol. The lowest BCUT2D eigenvalue weighted by Crippen LogP contribution is -2.19. The van der Waals surface area contributed by atoms with E-state index in [9.17, 15) is 9.90 Å². The normalized spacial score (nSPS) is 12.5. The molecule has 1 aromatic carbocycles. The van der Waals surface area contributed by atoms with Gasteiger partial charge in [0.15, 0.2) is 5.82 Å². The number of benzene rings is 1. The lowest BCUT2D eigenvalue weighted by molar-refractivity contribution is 0.463. The van der Waals surface area contributed by atoms with Gasteiger partial charge in [-0.1, -0.05) is 44.5 Å². The molecule has 8 nitrogen and oxygen atoms in total. The van der Waals surface area contributed by atoms with E-state index in [2.05, 4.69) is 29.1 Å². The number of allylic oxidation sites excluding steroid dienone is 1. The summed E-state index contributed by atoms with van der Waals surface area (Å²) in [6, 6.07) is 10.7. The Kier molecular flexibility index (Phi) is 8.32. The largest absolute Gasteiger partial charge is 0.505 e. The van der Waals surface area contributed by atoms with E-state index in [-0.39, 0.29) is 28.5 Å². The van der Waals surface area contributed by atoms with Crippen molar-refractivity contribution in [2.75, 3.05) is 12.8 Å². The SMILES string of the molecule is CC[C@H](C)CCn1cc(-c2cnc(N)c(/C(O)=C/C(=N)c3ccc(CNC)cc3)n2)ccc1=O. The van der Waals surface area contributed by atoms with Crippen LogP contribution in [0.3, 0.4) is 0 Å². The molecule has 3 rings (SSSR count). The van der Waals surface area contributed by atoms with Crippen LogP contribution in [0.15, 0.2) is 59.7 Å². The number of hydrogen-bond donors (Lipinski definition) is 4. The van der Waals surface area contributed by atoms with Gasteiger partial charge in [-0.05, 0) is 36.6 Å². The average Bonchev–Trinajstić information content (AvgIpc) is 2.84. The fourth-order valence-corrected chi connectivity index (χ4v) is 3.44. The van der Waals surface area contributed by atoms with Gasteiger partial charge in [0.05, 0.1) is 17.6 Å². The molecular weight excluding hydrogens is 428 g/mol. The minimum Gasteiger partial charge on any atom is -0.505 e. The van der Waals surface area contributed by atoms with Crippen LogP contribution in [0.4, 0.5) is 5.82 Å². The van der Waals surface area contributed by atoms with Crippen molar-refractivity contribution in [3.8, 4) is 11.3 Å². The first-order chi connectivity index (χ1) is 16.3. The van der Waals surface area contributed by atoms with Gasteiger partial charge in [-0.3, -0.25) is 4.79 Å². The molecule has 2 heterocycles. The van der Waals surface area contributed by atoms with E-state index in [0.29, 0.717) is 29.3 Å². The maximum absolute atomic E-state index is 12.3. The van der Waals surface area contributed by atoms with E-state index in [1.165, 1.54) is 18.3 Å². The molecule has 0 fully saturated rings. The smallest absolute Gasteiger partial charge is 0.250 e. The minimum atomic E-state index is -0.249. The molecule has 0 spiro atoms. The maximum Gasteiger partial charge on any atom is 0.250 e. The second-order valence-corrected chi connectivity index (χ2v) is 8.41. The molecule has 1 atom stereocenters. The molecule has 3 aromatic rings. The number of nitrogens with one attached hydrogen (secondary N) is 2. The number of aryl methyl sites for hydroxylation is 1. The summed E-state index contributed by atoms with van der Waals surface area (Å²) in [5.74, 6) is 0.330. The Hall–Kier alpha value is -3.78. The number of anilines is 1. The molecule has 178 valence electrons. The predicted molar refractivity (Wildman–Crippen MR) is 137 cm³/mol. The van der Waals surface area contributed by atoms with Crippen LogP contribution in [0.25, 0.3) is 17.0 Å². The van der Waals surface area contributed by atoms with Gasteiger partial charge in [0.1, 0.15) is 11.5 Å². The number of aliphatic hydroxyl groups is 1. The quantitative estimate of drug-likeness (QED) is 0.267. The molecule has 8 heteroatoms. The highest BCUT2D eigenvalue weighted by Crippen LogP contribution is 2.22. The standard InChI is InChI=1S/C26H32N6O2/c1-4-17(2)11-12-32-16-20(9-10-24(32)34)22-15-30-26(28)25(31-22)23(33)13-21(27)19-7-5-18(6-8-19)14-29-3/h5-10,13,15-17,27,29,33H,4,11-12,14H2,1-3H3,(H2,28,30)/b23-13-,27-21?/t17-/m0/s1. The number of pyridine rings is 1. The van der Waals surface area contributed by atoms with Crippen LogP contribution in [0.1, 0.15) is 43.5 Å². The van der Waals surface area contributed by atoms with Crippen molar-refractivity contribution >= 4 is 17.3 Å². The molecule has 2 aromatic heterocycles. The minimum absolute atomic E-state index is 0.0553. The topological polar surface area (TPSA) is 130 Å². The Morgan fingerprint density at radius 3 is 2.68 bits per heavy atom. The molecule has 0 saturated carbocycles. The Labute approximate surface area is 199 Å². The van der Waals surface area contributed by atoms with E-state index in [0.717, 1.165) is 24.9 Å². The zero-order valence-corrected chi connectivity index (χ0v) is 19.9. The fraction of sp³-hybridized carbons (Fsp3) is 0.308. The van der Waals surface area contributed by atoms with Crippen molar-refractivity contribution in [2.24, 2.45) is 5.92 Å². The molecule has 0 amide bonds. The summed E-state index contributed by atoms with van der Waals surface area (Å²) in [5, 5.41) is 22.1. The van der Waals surface area contributed by atoms with Crippen molar-refractivity contribution in [2.45, 2.75) is 39.8 Å². The first-order valence-corrected chi connectivity index (χ1v) is 11.4. The van der Waals surface area contributed by atoms with Gasteiger partial charge in [0.2, 0.25) is 0 Å². The predicted octanol–water partition coefficient (Wildman–Crippen LogP) is 4.01. The molecule has 0 aliphatic carbocycles. The molecule has 5 N–H and O–H groups in total. The number of nitrogen functional groups attached to an aromatic ring is 1. The lowest BCUT2D eigenvalue weighted by atomic mass is 10.1. The van der Waals surface area contributed by atoms with Crippen LogP contribution in [-0.4, -0.2) is 32.4 Å². The van der Waals surface area contributed by atoms with Gasteiger partial charge < -0.3 is 26.1 Å². The van der Waals surface area contributed by atoms with Crippen molar-refractivity contribution < 1.29 is 5.11 Å². The van der Waals surface area contributed by atoms with Crippen LogP contribution in [0.5, 0.6) is 0 Å². The van der Waals surface area contributed by atoms with Crippen molar-refractivity contribution in [1.29, 1.82) is 5.41 Å². The Morgan fingerprint density at radius 1 is 1.26 bits per heavy atom. The summed E-state index contributed by atoms with van der Waals surface area (Å²) in [6.45, 7) is 5.65. The molecule has 0 aliphatic rings. The zero-order valence-electron chi connectivity index (χ0n) is 19.9. The summed E-state index contributed by atoms with van der Waals surface area (Å²) in [7, 11) is 1.87. The van der Waals surface area contributed by atoms with Crippen LogP contribution in [-0.2, 0) is 13.1 Å². The van der Waals surface area contributed by atoms with Crippen LogP contribution < -0.4 is 16.6 Å². The van der Waals surface area contributed by atoms with Gasteiger partial charge in [0, 0.05) is 37.0 Å². The molecule has 0 bridgehead atoms. The summed E-state index contributed by atoms with van der Waals surface area (Å²) >= 11 is 0. The van der Waals surface area contributed by atoms with E-state index in [4.69, 9.17) is 11.1 Å². The Morgan fingerprint density at radius 2 is 2.00 bits per heavy atom. The third-order valence-electron chi connectivity index (χ3n) is 5.81. The van der Waals surface area contributed by atoms with Gasteiger partial charge in [-0.25, -0.2) is 9.97 Å². The molecule has 0 unspecified atom stereocenters. The van der Waals surface area contributed by atoms with Gasteiger partial charge in [-0.2, -0.15) is 0 Å². The summed E-state index contributed by atoms with van der Waals surface area (Å²) in [6.07, 6.45) is 6.54. The zero-order chi connectivity index (χ0) is 24.7. The third kappa shape index (κ3) is 6.17. The molecule has 0 saturated heterocycles. The van der Waals surface area contributed by atoms with Gasteiger partial charge >= 0.3 is 0 Å². The second kappa shape index (κ2) is 11.4. The van der Waals surface area contributed by atoms with E-state index in [1.807, 2.05) is 31.3 Å². The number of aliphatic hydroxyl groups excluding tert-OH is 1. The van der Waals surface area contributed by atoms with Gasteiger partial charge in [-0.15, -0.1) is 0 Å². The molecular formula is C26H32N6O2. The highest BCUT2D eigenvalue weighted by atomic mass is 16.3. The Balaban J connectivity index is 1.87. The van der Waals surface area contributed by atoms with E-state index < -0.39 is 0 Å².